The lowest BCUT2D eigenvalue weighted by atomic mass is 10.1. The van der Waals surface area contributed by atoms with Crippen LogP contribution in [0.4, 0.5) is 5.69 Å². The van der Waals surface area contributed by atoms with Gasteiger partial charge < -0.3 is 10.6 Å². The van der Waals surface area contributed by atoms with E-state index in [0.29, 0.717) is 24.2 Å². The second kappa shape index (κ2) is 3.87. The molecule has 19 heavy (non-hydrogen) atoms. The maximum absolute atomic E-state index is 12.1. The van der Waals surface area contributed by atoms with E-state index in [1.165, 1.54) is 0 Å². The van der Waals surface area contributed by atoms with Crippen LogP contribution in [-0.2, 0) is 11.3 Å². The second-order valence-electron chi connectivity index (χ2n) is 5.22. The third-order valence-electron chi connectivity index (χ3n) is 3.81. The van der Waals surface area contributed by atoms with Crippen molar-refractivity contribution in [3.63, 3.8) is 0 Å². The molecule has 0 saturated heterocycles. The van der Waals surface area contributed by atoms with Gasteiger partial charge in [0.2, 0.25) is 5.91 Å². The van der Waals surface area contributed by atoms with Gasteiger partial charge in [-0.3, -0.25) is 9.59 Å². The highest BCUT2D eigenvalue weighted by atomic mass is 35.5. The molecule has 6 heteroatoms. The monoisotopic (exact) mass is 298 g/mol. The molecule has 3 rings (SSSR count). The molecule has 1 aliphatic carbocycles. The minimum atomic E-state index is -0.995. The molecular formula is C13H12Cl2N2O2. The summed E-state index contributed by atoms with van der Waals surface area (Å²) in [7, 11) is 0. The van der Waals surface area contributed by atoms with Crippen molar-refractivity contribution in [1.82, 2.24) is 5.32 Å². The minimum Gasteiger partial charge on any atom is -0.348 e. The van der Waals surface area contributed by atoms with E-state index >= 15 is 0 Å². The first-order chi connectivity index (χ1) is 8.83. The average molecular weight is 299 g/mol. The van der Waals surface area contributed by atoms with E-state index in [2.05, 4.69) is 10.6 Å². The standard InChI is InChI=1S/C13H12Cl2N2O2/c1-12(6-13(12,14)15)11(19)17-8-3-2-7-5-16-10(18)9(7)4-8/h2-4H,5-6H2,1H3,(H,16,18)(H,17,19). The van der Waals surface area contributed by atoms with Crippen molar-refractivity contribution in [3.05, 3.63) is 29.3 Å². The predicted molar refractivity (Wildman–Crippen MR) is 73.4 cm³/mol. The fourth-order valence-corrected chi connectivity index (χ4v) is 2.91. The number of hydrogen-bond donors (Lipinski definition) is 2. The molecule has 2 amide bonds. The van der Waals surface area contributed by atoms with Crippen LogP contribution in [0.2, 0.25) is 0 Å². The molecule has 1 unspecified atom stereocenters. The average Bonchev–Trinajstić information content (AvgIpc) is 2.68. The number of halogens is 2. The summed E-state index contributed by atoms with van der Waals surface area (Å²) >= 11 is 11.9. The van der Waals surface area contributed by atoms with E-state index in [9.17, 15) is 9.59 Å². The Hall–Kier alpha value is -1.26. The number of benzene rings is 1. The molecule has 1 fully saturated rings. The number of alkyl halides is 2. The number of fused-ring (bicyclic) bond motifs is 1. The number of rotatable bonds is 2. The van der Waals surface area contributed by atoms with Gasteiger partial charge in [-0.25, -0.2) is 0 Å². The van der Waals surface area contributed by atoms with Crippen LogP contribution < -0.4 is 10.6 Å². The van der Waals surface area contributed by atoms with Gasteiger partial charge in [0.15, 0.2) is 0 Å². The molecule has 1 saturated carbocycles. The highest BCUT2D eigenvalue weighted by Crippen LogP contribution is 2.64. The summed E-state index contributed by atoms with van der Waals surface area (Å²) in [5, 5.41) is 5.49. The van der Waals surface area contributed by atoms with Gasteiger partial charge in [-0.2, -0.15) is 0 Å². The van der Waals surface area contributed by atoms with Crippen molar-refractivity contribution in [2.45, 2.75) is 24.2 Å². The van der Waals surface area contributed by atoms with Gasteiger partial charge in [-0.15, -0.1) is 23.2 Å². The molecule has 1 aromatic carbocycles. The molecule has 2 N–H and O–H groups in total. The molecule has 1 heterocycles. The van der Waals surface area contributed by atoms with Crippen molar-refractivity contribution in [1.29, 1.82) is 0 Å². The van der Waals surface area contributed by atoms with Gasteiger partial charge in [0.05, 0.1) is 5.41 Å². The maximum Gasteiger partial charge on any atom is 0.251 e. The van der Waals surface area contributed by atoms with E-state index in [1.54, 1.807) is 19.1 Å². The summed E-state index contributed by atoms with van der Waals surface area (Å²) in [6.45, 7) is 2.26. The molecule has 0 bridgehead atoms. The van der Waals surface area contributed by atoms with Crippen LogP contribution in [0.25, 0.3) is 0 Å². The number of carbonyl (C=O) groups is 2. The van der Waals surface area contributed by atoms with Crippen LogP contribution in [0, 0.1) is 5.41 Å². The molecule has 0 radical (unpaired) electrons. The van der Waals surface area contributed by atoms with Crippen LogP contribution in [0.15, 0.2) is 18.2 Å². The van der Waals surface area contributed by atoms with Crippen molar-refractivity contribution < 1.29 is 9.59 Å². The molecule has 1 aliphatic heterocycles. The van der Waals surface area contributed by atoms with Gasteiger partial charge in [-0.05, 0) is 31.0 Å². The summed E-state index contributed by atoms with van der Waals surface area (Å²) in [5.74, 6) is -0.344. The van der Waals surface area contributed by atoms with Gasteiger partial charge in [-0.1, -0.05) is 6.07 Å². The van der Waals surface area contributed by atoms with E-state index in [4.69, 9.17) is 23.2 Å². The number of carbonyl (C=O) groups excluding carboxylic acids is 2. The normalized spacial score (nSPS) is 26.6. The molecule has 2 aliphatic rings. The summed E-state index contributed by atoms with van der Waals surface area (Å²) < 4.78 is -0.995. The fraction of sp³-hybridized carbons (Fsp3) is 0.385. The quantitative estimate of drug-likeness (QED) is 0.824. The van der Waals surface area contributed by atoms with E-state index in [0.717, 1.165) is 5.56 Å². The molecule has 4 nitrogen and oxygen atoms in total. The van der Waals surface area contributed by atoms with Gasteiger partial charge in [0.25, 0.3) is 5.91 Å². The van der Waals surface area contributed by atoms with E-state index in [1.807, 2.05) is 6.07 Å². The highest BCUT2D eigenvalue weighted by Gasteiger charge is 2.67. The third-order valence-corrected chi connectivity index (χ3v) is 4.91. The molecule has 0 spiro atoms. The van der Waals surface area contributed by atoms with Crippen LogP contribution in [0.5, 0.6) is 0 Å². The Balaban J connectivity index is 1.80. The molecule has 1 atom stereocenters. The summed E-state index contributed by atoms with van der Waals surface area (Å²) in [4.78, 5) is 23.7. The molecular weight excluding hydrogens is 287 g/mol. The third kappa shape index (κ3) is 1.90. The fourth-order valence-electron chi connectivity index (χ4n) is 2.21. The topological polar surface area (TPSA) is 58.2 Å². The van der Waals surface area contributed by atoms with Crippen molar-refractivity contribution in [3.8, 4) is 0 Å². The van der Waals surface area contributed by atoms with Crippen molar-refractivity contribution in [2.24, 2.45) is 5.41 Å². The SMILES string of the molecule is CC1(C(=O)Nc2ccc3c(c2)C(=O)NC3)CC1(Cl)Cl. The zero-order valence-electron chi connectivity index (χ0n) is 10.2. The minimum absolute atomic E-state index is 0.118. The Kier molecular flexibility index (Phi) is 2.60. The first kappa shape index (κ1) is 12.8. The van der Waals surface area contributed by atoms with Gasteiger partial charge in [0.1, 0.15) is 4.33 Å². The first-order valence-electron chi connectivity index (χ1n) is 5.94. The van der Waals surface area contributed by atoms with Crippen LogP contribution in [-0.4, -0.2) is 16.1 Å². The Morgan fingerprint density at radius 1 is 1.42 bits per heavy atom. The Morgan fingerprint density at radius 3 is 2.74 bits per heavy atom. The lowest BCUT2D eigenvalue weighted by Gasteiger charge is -2.13. The van der Waals surface area contributed by atoms with Crippen LogP contribution >= 0.6 is 23.2 Å². The molecule has 0 aromatic heterocycles. The summed E-state index contributed by atoms with van der Waals surface area (Å²) in [6, 6.07) is 5.27. The summed E-state index contributed by atoms with van der Waals surface area (Å²) in [6.07, 6.45) is 0.431. The largest absolute Gasteiger partial charge is 0.348 e. The number of amides is 2. The Labute approximate surface area is 120 Å². The number of nitrogens with one attached hydrogen (secondary N) is 2. The lowest BCUT2D eigenvalue weighted by Crippen LogP contribution is -2.26. The first-order valence-corrected chi connectivity index (χ1v) is 6.69. The zero-order valence-corrected chi connectivity index (χ0v) is 11.7. The van der Waals surface area contributed by atoms with E-state index in [-0.39, 0.29) is 11.8 Å². The van der Waals surface area contributed by atoms with Crippen LogP contribution in [0.1, 0.15) is 29.3 Å². The Morgan fingerprint density at radius 2 is 2.11 bits per heavy atom. The maximum atomic E-state index is 12.1. The second-order valence-corrected chi connectivity index (χ2v) is 6.71. The van der Waals surface area contributed by atoms with Gasteiger partial charge in [0, 0.05) is 17.8 Å². The van der Waals surface area contributed by atoms with Crippen molar-refractivity contribution >= 4 is 40.7 Å². The molecule has 100 valence electrons. The van der Waals surface area contributed by atoms with Crippen LogP contribution in [0.3, 0.4) is 0 Å². The number of anilines is 1. The number of hydrogen-bond acceptors (Lipinski definition) is 2. The van der Waals surface area contributed by atoms with Gasteiger partial charge >= 0.3 is 0 Å². The smallest absolute Gasteiger partial charge is 0.251 e. The zero-order chi connectivity index (χ0) is 13.8. The Bertz CT molecular complexity index is 600. The van der Waals surface area contributed by atoms with Crippen molar-refractivity contribution in [2.75, 3.05) is 5.32 Å². The predicted octanol–water partition coefficient (Wildman–Crippen LogP) is 2.45. The highest BCUT2D eigenvalue weighted by molar-refractivity contribution is 6.53. The molecule has 1 aromatic rings. The summed E-state index contributed by atoms with van der Waals surface area (Å²) in [5.41, 5.74) is 1.35. The van der Waals surface area contributed by atoms with E-state index < -0.39 is 9.75 Å². The lowest BCUT2D eigenvalue weighted by molar-refractivity contribution is -0.120.